The van der Waals surface area contributed by atoms with Crippen LogP contribution in [0.15, 0.2) is 0 Å². The maximum atomic E-state index is 11.3. The zero-order chi connectivity index (χ0) is 14.8. The molecule has 0 aliphatic heterocycles. The minimum Gasteiger partial charge on any atom is -0.450 e. The van der Waals surface area contributed by atoms with Crippen LogP contribution in [0.5, 0.6) is 0 Å². The summed E-state index contributed by atoms with van der Waals surface area (Å²) in [6.45, 7) is 5.78. The molecule has 0 bridgehead atoms. The van der Waals surface area contributed by atoms with E-state index in [0.29, 0.717) is 19.4 Å². The molecule has 0 saturated heterocycles. The van der Waals surface area contributed by atoms with E-state index >= 15 is 0 Å². The summed E-state index contributed by atoms with van der Waals surface area (Å²) in [6, 6.07) is -0.814. The van der Waals surface area contributed by atoms with E-state index in [4.69, 9.17) is 5.73 Å². The van der Waals surface area contributed by atoms with Gasteiger partial charge < -0.3 is 16.2 Å². The van der Waals surface area contributed by atoms with Gasteiger partial charge in [0.25, 0.3) is 0 Å². The molecule has 0 aromatic rings. The summed E-state index contributed by atoms with van der Waals surface area (Å²) in [6.07, 6.45) is 0.517. The van der Waals surface area contributed by atoms with Gasteiger partial charge in [-0.25, -0.2) is 9.59 Å². The van der Waals surface area contributed by atoms with Gasteiger partial charge in [-0.2, -0.15) is 0 Å². The third kappa shape index (κ3) is 8.80. The van der Waals surface area contributed by atoms with Crippen LogP contribution >= 0.6 is 15.9 Å². The molecule has 0 aliphatic carbocycles. The maximum Gasteiger partial charge on any atom is 0.404 e. The first kappa shape index (κ1) is 19.0. The van der Waals surface area contributed by atoms with E-state index in [1.807, 2.05) is 19.2 Å². The fourth-order valence-corrected chi connectivity index (χ4v) is 1.04. The van der Waals surface area contributed by atoms with Gasteiger partial charge in [0.15, 0.2) is 0 Å². The molecule has 0 aromatic carbocycles. The first-order valence-corrected chi connectivity index (χ1v) is 6.24. The zero-order valence-electron chi connectivity index (χ0n) is 10.8. The summed E-state index contributed by atoms with van der Waals surface area (Å²) in [5.74, 6) is -0.375. The highest BCUT2D eigenvalue weighted by Gasteiger charge is 2.32. The van der Waals surface area contributed by atoms with Crippen molar-refractivity contribution in [2.75, 3.05) is 6.61 Å². The quantitative estimate of drug-likeness (QED) is 0.672. The molecule has 0 spiro atoms. The number of rotatable bonds is 4. The van der Waals surface area contributed by atoms with Gasteiger partial charge in [-0.15, -0.1) is 0 Å². The van der Waals surface area contributed by atoms with Gasteiger partial charge in [0.2, 0.25) is 5.91 Å². The smallest absolute Gasteiger partial charge is 0.404 e. The van der Waals surface area contributed by atoms with Crippen molar-refractivity contribution in [1.82, 2.24) is 5.32 Å². The number of carbonyl (C=O) groups excluding carboxylic acids is 3. The first-order valence-electron chi connectivity index (χ1n) is 5.45. The van der Waals surface area contributed by atoms with Crippen LogP contribution in [-0.4, -0.2) is 29.0 Å². The van der Waals surface area contributed by atoms with Crippen LogP contribution in [0.3, 0.4) is 0 Å². The van der Waals surface area contributed by atoms with Crippen molar-refractivity contribution in [2.45, 2.75) is 37.9 Å². The van der Waals surface area contributed by atoms with Gasteiger partial charge in [-0.1, -0.05) is 29.8 Å². The third-order valence-electron chi connectivity index (χ3n) is 2.05. The van der Waals surface area contributed by atoms with E-state index in [0.717, 1.165) is 0 Å². The molecule has 0 unspecified atom stereocenters. The molecule has 0 heterocycles. The highest BCUT2D eigenvalue weighted by molar-refractivity contribution is 9.10. The van der Waals surface area contributed by atoms with Crippen molar-refractivity contribution in [2.24, 2.45) is 11.5 Å². The molecule has 0 aromatic heterocycles. The van der Waals surface area contributed by atoms with Crippen LogP contribution < -0.4 is 16.8 Å². The number of hydrogen-bond acceptors (Lipinski definition) is 4. The molecule has 7 nitrogen and oxygen atoms in total. The zero-order valence-corrected chi connectivity index (χ0v) is 12.4. The van der Waals surface area contributed by atoms with Crippen LogP contribution in [0, 0.1) is 0 Å². The fraction of sp³-hybridized carbons (Fsp3) is 0.700. The topological polar surface area (TPSA) is 125 Å². The lowest BCUT2D eigenvalue weighted by Crippen LogP contribution is -2.46. The van der Waals surface area contributed by atoms with Gasteiger partial charge in [0.05, 0.1) is 6.61 Å². The Morgan fingerprint density at radius 3 is 1.78 bits per heavy atom. The number of ether oxygens (including phenoxy) is 1. The predicted molar refractivity (Wildman–Crippen MR) is 71.2 cm³/mol. The molecular weight excluding hydrogens is 306 g/mol. The second kappa shape index (κ2) is 9.69. The van der Waals surface area contributed by atoms with Crippen molar-refractivity contribution in [3.05, 3.63) is 0 Å². The molecule has 18 heavy (non-hydrogen) atoms. The Morgan fingerprint density at radius 1 is 1.17 bits per heavy atom. The van der Waals surface area contributed by atoms with Crippen molar-refractivity contribution in [3.8, 4) is 0 Å². The predicted octanol–water partition coefficient (Wildman–Crippen LogP) is 1.24. The van der Waals surface area contributed by atoms with E-state index in [-0.39, 0.29) is 5.91 Å². The summed E-state index contributed by atoms with van der Waals surface area (Å²) < 4.78 is 3.52. The second-order valence-electron chi connectivity index (χ2n) is 3.24. The SMILES string of the molecule is CCC(Br)(CC)C(=O)NC(N)=O.CCOC(N)=O. The fourth-order valence-electron chi connectivity index (χ4n) is 0.937. The van der Waals surface area contributed by atoms with E-state index in [1.54, 1.807) is 6.92 Å². The number of nitrogens with one attached hydrogen (secondary N) is 1. The van der Waals surface area contributed by atoms with Crippen molar-refractivity contribution < 1.29 is 19.1 Å². The van der Waals surface area contributed by atoms with Crippen molar-refractivity contribution >= 4 is 34.0 Å². The number of urea groups is 1. The van der Waals surface area contributed by atoms with E-state index in [1.165, 1.54) is 0 Å². The maximum absolute atomic E-state index is 11.3. The molecule has 0 aliphatic rings. The number of hydrogen-bond donors (Lipinski definition) is 3. The Kier molecular flexibility index (Phi) is 10.3. The van der Waals surface area contributed by atoms with E-state index in [2.05, 4.69) is 26.4 Å². The summed E-state index contributed by atoms with van der Waals surface area (Å²) in [4.78, 5) is 31.2. The monoisotopic (exact) mass is 325 g/mol. The van der Waals surface area contributed by atoms with Gasteiger partial charge in [0, 0.05) is 0 Å². The standard InChI is InChI=1S/C7H13BrN2O2.C3H7NO2/c1-3-7(8,4-2)5(11)10-6(9)12;1-2-6-3(4)5/h3-4H2,1-2H3,(H3,9,10,11,12);2H2,1H3,(H2,4,5). The number of halogens is 1. The van der Waals surface area contributed by atoms with Crippen LogP contribution in [0.4, 0.5) is 9.59 Å². The summed E-state index contributed by atoms with van der Waals surface area (Å²) in [5.41, 5.74) is 9.35. The van der Waals surface area contributed by atoms with Crippen molar-refractivity contribution in [3.63, 3.8) is 0 Å². The summed E-state index contributed by atoms with van der Waals surface area (Å²) in [7, 11) is 0. The Labute approximate surface area is 115 Å². The Hall–Kier alpha value is -1.31. The average Bonchev–Trinajstić information content (AvgIpc) is 2.27. The van der Waals surface area contributed by atoms with Crippen molar-refractivity contribution in [1.29, 1.82) is 0 Å². The van der Waals surface area contributed by atoms with Gasteiger partial charge in [-0.3, -0.25) is 10.1 Å². The minimum atomic E-state index is -0.814. The van der Waals surface area contributed by atoms with E-state index < -0.39 is 16.4 Å². The first-order chi connectivity index (χ1) is 8.23. The minimum absolute atomic E-state index is 0.356. The molecule has 0 radical (unpaired) electrons. The normalized spacial score (nSPS) is 9.78. The number of primary amides is 2. The lowest BCUT2D eigenvalue weighted by Gasteiger charge is -2.21. The Balaban J connectivity index is 0. The molecule has 5 N–H and O–H groups in total. The summed E-state index contributed by atoms with van der Waals surface area (Å²) in [5, 5.41) is 2.04. The highest BCUT2D eigenvalue weighted by atomic mass is 79.9. The molecule has 0 saturated carbocycles. The number of amides is 4. The van der Waals surface area contributed by atoms with Crippen LogP contribution in [0.1, 0.15) is 33.6 Å². The van der Waals surface area contributed by atoms with Gasteiger partial charge in [-0.05, 0) is 19.8 Å². The molecule has 0 fully saturated rings. The molecule has 106 valence electrons. The molecule has 8 heteroatoms. The second-order valence-corrected chi connectivity index (χ2v) is 4.76. The lowest BCUT2D eigenvalue weighted by atomic mass is 10.0. The van der Waals surface area contributed by atoms with Gasteiger partial charge in [0.1, 0.15) is 4.32 Å². The number of alkyl halides is 1. The Morgan fingerprint density at radius 2 is 1.61 bits per heavy atom. The lowest BCUT2D eigenvalue weighted by molar-refractivity contribution is -0.122. The van der Waals surface area contributed by atoms with Crippen LogP contribution in [-0.2, 0) is 9.53 Å². The molecule has 0 atom stereocenters. The largest absolute Gasteiger partial charge is 0.450 e. The number of carbonyl (C=O) groups is 3. The molecule has 0 rings (SSSR count). The Bertz CT molecular complexity index is 293. The van der Waals surface area contributed by atoms with Crippen LogP contribution in [0.2, 0.25) is 0 Å². The number of imide groups is 1. The van der Waals surface area contributed by atoms with Crippen LogP contribution in [0.25, 0.3) is 0 Å². The molecule has 4 amide bonds. The van der Waals surface area contributed by atoms with E-state index in [9.17, 15) is 14.4 Å². The highest BCUT2D eigenvalue weighted by Crippen LogP contribution is 2.26. The van der Waals surface area contributed by atoms with Gasteiger partial charge >= 0.3 is 12.1 Å². The third-order valence-corrected chi connectivity index (χ3v) is 3.53. The molecular formula is C10H20BrN3O4. The average molecular weight is 326 g/mol. The number of nitrogens with two attached hydrogens (primary N) is 2. The summed E-state index contributed by atoms with van der Waals surface area (Å²) >= 11 is 3.26.